The summed E-state index contributed by atoms with van der Waals surface area (Å²) in [6, 6.07) is 10.5. The summed E-state index contributed by atoms with van der Waals surface area (Å²) in [4.78, 5) is 8.90. The fraction of sp³-hybridized carbons (Fsp3) is 0.312. The van der Waals surface area contributed by atoms with Gasteiger partial charge in [-0.05, 0) is 25.6 Å². The number of pyridine rings is 1. The van der Waals surface area contributed by atoms with Gasteiger partial charge in [0.1, 0.15) is 0 Å². The van der Waals surface area contributed by atoms with Crippen molar-refractivity contribution in [3.8, 4) is 0 Å². The van der Waals surface area contributed by atoms with Crippen molar-refractivity contribution in [2.45, 2.75) is 25.8 Å². The van der Waals surface area contributed by atoms with Crippen molar-refractivity contribution in [3.63, 3.8) is 0 Å². The number of hydrogen-bond acceptors (Lipinski definition) is 5. The molecule has 0 spiro atoms. The Morgan fingerprint density at radius 1 is 1.23 bits per heavy atom. The summed E-state index contributed by atoms with van der Waals surface area (Å²) < 4.78 is 5.35. The average Bonchev–Trinajstić information content (AvgIpc) is 2.94. The molecule has 6 heteroatoms. The zero-order valence-corrected chi connectivity index (χ0v) is 13.4. The number of benzene rings is 1. The van der Waals surface area contributed by atoms with E-state index in [1.807, 2.05) is 19.2 Å². The molecular formula is C16H19ClN4O. The van der Waals surface area contributed by atoms with E-state index in [0.717, 1.165) is 28.7 Å². The summed E-state index contributed by atoms with van der Waals surface area (Å²) in [6.07, 6.45) is 3.17. The lowest BCUT2D eigenvalue weighted by Gasteiger charge is -2.04. The molecule has 2 aromatic heterocycles. The van der Waals surface area contributed by atoms with Gasteiger partial charge in [0.15, 0.2) is 5.82 Å². The van der Waals surface area contributed by atoms with E-state index in [4.69, 9.17) is 4.52 Å². The molecule has 0 bridgehead atoms. The zero-order chi connectivity index (χ0) is 14.7. The van der Waals surface area contributed by atoms with E-state index in [9.17, 15) is 0 Å². The van der Waals surface area contributed by atoms with Crippen LogP contribution in [0.3, 0.4) is 0 Å². The summed E-state index contributed by atoms with van der Waals surface area (Å²) in [6.45, 7) is 2.09. The maximum absolute atomic E-state index is 5.35. The van der Waals surface area contributed by atoms with Crippen LogP contribution < -0.4 is 5.32 Å². The molecule has 0 aliphatic rings. The number of fused-ring (bicyclic) bond motifs is 1. The van der Waals surface area contributed by atoms with Gasteiger partial charge in [-0.15, -0.1) is 12.4 Å². The van der Waals surface area contributed by atoms with Crippen LogP contribution in [0.4, 0.5) is 0 Å². The van der Waals surface area contributed by atoms with Gasteiger partial charge < -0.3 is 9.84 Å². The van der Waals surface area contributed by atoms with Gasteiger partial charge in [0.05, 0.1) is 11.9 Å². The van der Waals surface area contributed by atoms with Crippen molar-refractivity contribution in [1.82, 2.24) is 20.4 Å². The van der Waals surface area contributed by atoms with Gasteiger partial charge in [-0.25, -0.2) is 0 Å². The minimum Gasteiger partial charge on any atom is -0.339 e. The first kappa shape index (κ1) is 16.4. The fourth-order valence-corrected chi connectivity index (χ4v) is 2.29. The molecule has 1 unspecified atom stereocenters. The molecule has 2 heterocycles. The number of aromatic nitrogens is 3. The van der Waals surface area contributed by atoms with Crippen molar-refractivity contribution in [1.29, 1.82) is 0 Å². The Morgan fingerprint density at radius 3 is 2.86 bits per heavy atom. The van der Waals surface area contributed by atoms with Crippen LogP contribution in [0.25, 0.3) is 10.9 Å². The van der Waals surface area contributed by atoms with Crippen LogP contribution in [0.5, 0.6) is 0 Å². The standard InChI is InChI=1S/C16H18N4O.ClH/c1-11(17-2)9-14-19-15(21-20-14)10-13-6-3-5-12-7-4-8-18-16(12)13;/h3-8,11,17H,9-10H2,1-2H3;1H. The maximum Gasteiger partial charge on any atom is 0.231 e. The van der Waals surface area contributed by atoms with E-state index in [1.165, 1.54) is 0 Å². The first-order valence-electron chi connectivity index (χ1n) is 7.07. The Labute approximate surface area is 135 Å². The number of rotatable bonds is 5. The van der Waals surface area contributed by atoms with Crippen LogP contribution in [0, 0.1) is 0 Å². The van der Waals surface area contributed by atoms with E-state index in [0.29, 0.717) is 18.4 Å². The number of para-hydroxylation sites is 1. The van der Waals surface area contributed by atoms with Crippen molar-refractivity contribution in [3.05, 3.63) is 53.8 Å². The Kier molecular flexibility index (Phi) is 5.46. The molecule has 0 saturated heterocycles. The van der Waals surface area contributed by atoms with Gasteiger partial charge in [0.25, 0.3) is 0 Å². The van der Waals surface area contributed by atoms with Gasteiger partial charge >= 0.3 is 0 Å². The van der Waals surface area contributed by atoms with E-state index in [1.54, 1.807) is 6.20 Å². The van der Waals surface area contributed by atoms with Crippen LogP contribution in [0.1, 0.15) is 24.2 Å². The molecule has 22 heavy (non-hydrogen) atoms. The zero-order valence-electron chi connectivity index (χ0n) is 12.6. The van der Waals surface area contributed by atoms with Crippen LogP contribution >= 0.6 is 12.4 Å². The fourth-order valence-electron chi connectivity index (χ4n) is 2.29. The quantitative estimate of drug-likeness (QED) is 0.783. The molecule has 0 radical (unpaired) electrons. The van der Waals surface area contributed by atoms with Gasteiger partial charge in [-0.3, -0.25) is 4.98 Å². The second-order valence-corrected chi connectivity index (χ2v) is 5.17. The number of halogens is 1. The van der Waals surface area contributed by atoms with E-state index in [2.05, 4.69) is 45.6 Å². The number of nitrogens with zero attached hydrogens (tertiary/aromatic N) is 3. The Hall–Kier alpha value is -1.98. The monoisotopic (exact) mass is 318 g/mol. The highest BCUT2D eigenvalue weighted by Crippen LogP contribution is 2.18. The Balaban J connectivity index is 0.00000176. The summed E-state index contributed by atoms with van der Waals surface area (Å²) in [5.41, 5.74) is 2.09. The molecule has 0 fully saturated rings. The first-order valence-corrected chi connectivity index (χ1v) is 7.07. The average molecular weight is 319 g/mol. The highest BCUT2D eigenvalue weighted by molar-refractivity contribution is 5.85. The van der Waals surface area contributed by atoms with E-state index < -0.39 is 0 Å². The minimum atomic E-state index is 0. The molecule has 1 aromatic carbocycles. The molecule has 3 rings (SSSR count). The van der Waals surface area contributed by atoms with Crippen LogP contribution in [0.2, 0.25) is 0 Å². The normalized spacial score (nSPS) is 12.1. The second-order valence-electron chi connectivity index (χ2n) is 5.17. The Bertz CT molecular complexity index is 738. The smallest absolute Gasteiger partial charge is 0.231 e. The third-order valence-electron chi connectivity index (χ3n) is 3.55. The molecule has 3 aromatic rings. The molecular weight excluding hydrogens is 300 g/mol. The van der Waals surface area contributed by atoms with E-state index in [-0.39, 0.29) is 12.4 Å². The van der Waals surface area contributed by atoms with Crippen molar-refractivity contribution < 1.29 is 4.52 Å². The predicted molar refractivity (Wildman–Crippen MR) is 88.3 cm³/mol. The molecule has 1 N–H and O–H groups in total. The molecule has 1 atom stereocenters. The van der Waals surface area contributed by atoms with Gasteiger partial charge in [-0.2, -0.15) is 4.98 Å². The lowest BCUT2D eigenvalue weighted by Crippen LogP contribution is -2.24. The third-order valence-corrected chi connectivity index (χ3v) is 3.55. The molecule has 0 aliphatic carbocycles. The highest BCUT2D eigenvalue weighted by Gasteiger charge is 2.11. The SMILES string of the molecule is CNC(C)Cc1noc(Cc2cccc3cccnc23)n1.Cl. The summed E-state index contributed by atoms with van der Waals surface area (Å²) in [5, 5.41) is 8.32. The number of likely N-dealkylation sites (N-methyl/N-ethyl adjacent to an activating group) is 1. The third kappa shape index (κ3) is 3.61. The van der Waals surface area contributed by atoms with Gasteiger partial charge in [-0.1, -0.05) is 29.4 Å². The summed E-state index contributed by atoms with van der Waals surface area (Å²) in [7, 11) is 1.92. The summed E-state index contributed by atoms with van der Waals surface area (Å²) >= 11 is 0. The largest absolute Gasteiger partial charge is 0.339 e. The van der Waals surface area contributed by atoms with Crippen LogP contribution in [0.15, 0.2) is 41.1 Å². The molecule has 0 saturated carbocycles. The van der Waals surface area contributed by atoms with Gasteiger partial charge in [0.2, 0.25) is 5.89 Å². The number of hydrogen-bond donors (Lipinski definition) is 1. The van der Waals surface area contributed by atoms with Crippen LogP contribution in [-0.2, 0) is 12.8 Å². The lowest BCUT2D eigenvalue weighted by atomic mass is 10.1. The maximum atomic E-state index is 5.35. The predicted octanol–water partition coefficient (Wildman–Crippen LogP) is 2.78. The van der Waals surface area contributed by atoms with Crippen molar-refractivity contribution >= 4 is 23.3 Å². The molecule has 0 aliphatic heterocycles. The van der Waals surface area contributed by atoms with Gasteiger partial charge in [0, 0.05) is 24.0 Å². The second kappa shape index (κ2) is 7.33. The van der Waals surface area contributed by atoms with Crippen molar-refractivity contribution in [2.75, 3.05) is 7.05 Å². The van der Waals surface area contributed by atoms with E-state index >= 15 is 0 Å². The minimum absolute atomic E-state index is 0. The highest BCUT2D eigenvalue weighted by atomic mass is 35.5. The Morgan fingerprint density at radius 2 is 2.05 bits per heavy atom. The lowest BCUT2D eigenvalue weighted by molar-refractivity contribution is 0.377. The molecule has 0 amide bonds. The number of nitrogens with one attached hydrogen (secondary N) is 1. The first-order chi connectivity index (χ1) is 10.3. The molecule has 116 valence electrons. The van der Waals surface area contributed by atoms with Crippen molar-refractivity contribution in [2.24, 2.45) is 0 Å². The topological polar surface area (TPSA) is 63.8 Å². The molecule has 5 nitrogen and oxygen atoms in total. The summed E-state index contributed by atoms with van der Waals surface area (Å²) in [5.74, 6) is 1.37. The van der Waals surface area contributed by atoms with Crippen LogP contribution in [-0.4, -0.2) is 28.2 Å².